The molecule has 1 aliphatic heterocycles. The van der Waals surface area contributed by atoms with E-state index in [1.807, 2.05) is 0 Å². The molecule has 0 saturated carbocycles. The van der Waals surface area contributed by atoms with Crippen LogP contribution in [0.1, 0.15) is 22.6 Å². The van der Waals surface area contributed by atoms with Gasteiger partial charge in [-0.05, 0) is 27.8 Å². The highest BCUT2D eigenvalue weighted by atomic mass is 16.5. The van der Waals surface area contributed by atoms with Crippen molar-refractivity contribution in [2.45, 2.75) is 12.5 Å². The summed E-state index contributed by atoms with van der Waals surface area (Å²) in [6, 6.07) is 28.3. The second kappa shape index (κ2) is 8.34. The maximum Gasteiger partial charge on any atom is 0.0997 e. The van der Waals surface area contributed by atoms with Crippen LogP contribution in [-0.4, -0.2) is 24.8 Å². The number of hydrogen-bond acceptors (Lipinski definition) is 2. The van der Waals surface area contributed by atoms with Gasteiger partial charge in [0.15, 0.2) is 0 Å². The topological polar surface area (TPSA) is 12.5 Å². The Balaban J connectivity index is 1.70. The Hall–Kier alpha value is -2.68. The Morgan fingerprint density at radius 2 is 1.67 bits per heavy atom. The minimum atomic E-state index is 0.353. The van der Waals surface area contributed by atoms with Crippen molar-refractivity contribution >= 4 is 0 Å². The van der Waals surface area contributed by atoms with Gasteiger partial charge in [0.2, 0.25) is 0 Å². The average Bonchev–Trinajstić information content (AvgIpc) is 2.74. The zero-order valence-corrected chi connectivity index (χ0v) is 15.6. The number of nitrogens with zero attached hydrogens (tertiary/aromatic N) is 1. The molecule has 0 saturated heterocycles. The van der Waals surface area contributed by atoms with E-state index in [-0.39, 0.29) is 0 Å². The third-order valence-electron chi connectivity index (χ3n) is 5.17. The van der Waals surface area contributed by atoms with Crippen LogP contribution in [0.25, 0.3) is 11.1 Å². The second-order valence-electron chi connectivity index (χ2n) is 7.04. The number of fused-ring (bicyclic) bond motifs is 1. The fraction of sp³-hybridized carbons (Fsp3) is 0.200. The molecule has 0 unspecified atom stereocenters. The van der Waals surface area contributed by atoms with Crippen molar-refractivity contribution in [3.05, 3.63) is 108 Å². The van der Waals surface area contributed by atoms with Gasteiger partial charge in [-0.25, -0.2) is 0 Å². The van der Waals surface area contributed by atoms with E-state index < -0.39 is 0 Å². The lowest BCUT2D eigenvalue weighted by Crippen LogP contribution is -2.35. The van der Waals surface area contributed by atoms with E-state index in [1.54, 1.807) is 6.08 Å². The molecule has 0 bridgehead atoms. The summed E-state index contributed by atoms with van der Waals surface area (Å²) in [7, 11) is 0. The van der Waals surface area contributed by atoms with Gasteiger partial charge in [0.05, 0.1) is 13.3 Å². The molecule has 1 heterocycles. The fourth-order valence-electron chi connectivity index (χ4n) is 3.87. The maximum atomic E-state index is 5.72. The van der Waals surface area contributed by atoms with Crippen molar-refractivity contribution in [1.29, 1.82) is 0 Å². The van der Waals surface area contributed by atoms with Crippen LogP contribution in [-0.2, 0) is 11.3 Å². The lowest BCUT2D eigenvalue weighted by Gasteiger charge is -2.35. The zero-order valence-electron chi connectivity index (χ0n) is 15.6. The van der Waals surface area contributed by atoms with Crippen LogP contribution in [0.5, 0.6) is 0 Å². The molecule has 136 valence electrons. The number of benzene rings is 3. The summed E-state index contributed by atoms with van der Waals surface area (Å²) in [5, 5.41) is 0. The molecule has 0 fully saturated rings. The number of hydrogen-bond donors (Lipinski definition) is 0. The summed E-state index contributed by atoms with van der Waals surface area (Å²) < 4.78 is 5.72. The van der Waals surface area contributed by atoms with Gasteiger partial charge < -0.3 is 4.74 Å². The molecule has 0 amide bonds. The lowest BCUT2D eigenvalue weighted by atomic mass is 9.83. The third-order valence-corrected chi connectivity index (χ3v) is 5.17. The Morgan fingerprint density at radius 1 is 0.926 bits per heavy atom. The molecule has 3 aromatic rings. The minimum Gasteiger partial charge on any atom is -0.362 e. The van der Waals surface area contributed by atoms with Crippen LogP contribution >= 0.6 is 0 Å². The van der Waals surface area contributed by atoms with Crippen LogP contribution in [0.4, 0.5) is 0 Å². The average molecular weight is 355 g/mol. The first-order valence-electron chi connectivity index (χ1n) is 9.49. The Morgan fingerprint density at radius 3 is 2.41 bits per heavy atom. The SMILES string of the molecule is C=CCOCN1Cc2ccc(-c3ccccc3)cc2[C@@H](c2ccccc2)C1. The molecular weight excluding hydrogens is 330 g/mol. The first kappa shape index (κ1) is 17.7. The highest BCUT2D eigenvalue weighted by molar-refractivity contribution is 5.65. The molecule has 2 nitrogen and oxygen atoms in total. The summed E-state index contributed by atoms with van der Waals surface area (Å²) in [6.45, 7) is 6.85. The van der Waals surface area contributed by atoms with Crippen molar-refractivity contribution in [3.8, 4) is 11.1 Å². The van der Waals surface area contributed by atoms with E-state index in [9.17, 15) is 0 Å². The van der Waals surface area contributed by atoms with Crippen LogP contribution in [0, 0.1) is 0 Å². The van der Waals surface area contributed by atoms with E-state index in [0.29, 0.717) is 19.3 Å². The van der Waals surface area contributed by atoms with E-state index in [4.69, 9.17) is 4.74 Å². The summed E-state index contributed by atoms with van der Waals surface area (Å²) in [5.41, 5.74) is 6.73. The normalized spacial score (nSPS) is 16.7. The summed E-state index contributed by atoms with van der Waals surface area (Å²) in [6.07, 6.45) is 1.80. The molecule has 0 aromatic heterocycles. The van der Waals surface area contributed by atoms with Crippen molar-refractivity contribution < 1.29 is 4.74 Å². The van der Waals surface area contributed by atoms with Gasteiger partial charge in [0, 0.05) is 19.0 Å². The standard InChI is InChI=1S/C25H25NO/c1-2-15-27-19-26-17-23-14-13-22(20-9-5-3-6-10-20)16-24(23)25(18-26)21-11-7-4-8-12-21/h2-14,16,25H,1,15,17-19H2/t25-/m1/s1. The van der Waals surface area contributed by atoms with Gasteiger partial charge in [-0.2, -0.15) is 0 Å². The molecule has 1 atom stereocenters. The van der Waals surface area contributed by atoms with E-state index in [0.717, 1.165) is 13.1 Å². The Kier molecular flexibility index (Phi) is 5.47. The monoisotopic (exact) mass is 355 g/mol. The quantitative estimate of drug-likeness (QED) is 0.430. The van der Waals surface area contributed by atoms with Crippen molar-refractivity contribution in [1.82, 2.24) is 4.90 Å². The lowest BCUT2D eigenvalue weighted by molar-refractivity contribution is 0.0325. The molecular formula is C25H25NO. The fourth-order valence-corrected chi connectivity index (χ4v) is 3.87. The van der Waals surface area contributed by atoms with Crippen LogP contribution in [0.3, 0.4) is 0 Å². The first-order valence-corrected chi connectivity index (χ1v) is 9.49. The van der Waals surface area contributed by atoms with Gasteiger partial charge in [-0.15, -0.1) is 6.58 Å². The summed E-state index contributed by atoms with van der Waals surface area (Å²) in [4.78, 5) is 2.38. The predicted molar refractivity (Wildman–Crippen MR) is 112 cm³/mol. The van der Waals surface area contributed by atoms with Gasteiger partial charge >= 0.3 is 0 Å². The summed E-state index contributed by atoms with van der Waals surface area (Å²) >= 11 is 0. The minimum absolute atomic E-state index is 0.353. The van der Waals surface area contributed by atoms with E-state index in [2.05, 4.69) is 90.3 Å². The van der Waals surface area contributed by atoms with Crippen LogP contribution in [0.2, 0.25) is 0 Å². The van der Waals surface area contributed by atoms with Gasteiger partial charge in [-0.1, -0.05) is 84.9 Å². The van der Waals surface area contributed by atoms with E-state index >= 15 is 0 Å². The number of ether oxygens (including phenoxy) is 1. The van der Waals surface area contributed by atoms with Crippen LogP contribution in [0.15, 0.2) is 91.5 Å². The second-order valence-corrected chi connectivity index (χ2v) is 7.04. The largest absolute Gasteiger partial charge is 0.362 e. The van der Waals surface area contributed by atoms with Crippen molar-refractivity contribution in [3.63, 3.8) is 0 Å². The van der Waals surface area contributed by atoms with Gasteiger partial charge in [0.1, 0.15) is 0 Å². The predicted octanol–water partition coefficient (Wildman–Crippen LogP) is 5.46. The summed E-state index contributed by atoms with van der Waals surface area (Å²) in [5.74, 6) is 0.353. The Bertz CT molecular complexity index is 889. The highest BCUT2D eigenvalue weighted by Crippen LogP contribution is 2.36. The Labute approximate surface area is 161 Å². The van der Waals surface area contributed by atoms with Crippen LogP contribution < -0.4 is 0 Å². The molecule has 0 spiro atoms. The van der Waals surface area contributed by atoms with Gasteiger partial charge in [0.25, 0.3) is 0 Å². The van der Waals surface area contributed by atoms with Crippen molar-refractivity contribution in [2.24, 2.45) is 0 Å². The molecule has 4 rings (SSSR count). The molecule has 1 aliphatic rings. The zero-order chi connectivity index (χ0) is 18.5. The highest BCUT2D eigenvalue weighted by Gasteiger charge is 2.26. The molecule has 3 aromatic carbocycles. The van der Waals surface area contributed by atoms with E-state index in [1.165, 1.54) is 27.8 Å². The van der Waals surface area contributed by atoms with Gasteiger partial charge in [-0.3, -0.25) is 4.90 Å². The number of rotatable bonds is 6. The molecule has 27 heavy (non-hydrogen) atoms. The smallest absolute Gasteiger partial charge is 0.0997 e. The molecule has 0 radical (unpaired) electrons. The molecule has 2 heteroatoms. The molecule has 0 N–H and O–H groups in total. The first-order chi connectivity index (χ1) is 13.3. The third kappa shape index (κ3) is 4.02. The molecule has 0 aliphatic carbocycles. The maximum absolute atomic E-state index is 5.72. The van der Waals surface area contributed by atoms with Crippen molar-refractivity contribution in [2.75, 3.05) is 19.9 Å².